The molecule has 2 amide bonds. The Morgan fingerprint density at radius 1 is 1.03 bits per heavy atom. The third-order valence-corrected chi connectivity index (χ3v) is 6.74. The number of nitrogens with zero attached hydrogens (tertiary/aromatic N) is 2. The molecule has 2 aromatic carbocycles. The van der Waals surface area contributed by atoms with Crippen LogP contribution >= 0.6 is 0 Å². The Morgan fingerprint density at radius 2 is 1.82 bits per heavy atom. The molecule has 1 saturated heterocycles. The first-order valence-electron chi connectivity index (χ1n) is 11.5. The van der Waals surface area contributed by atoms with Crippen molar-refractivity contribution in [3.8, 4) is 11.1 Å². The summed E-state index contributed by atoms with van der Waals surface area (Å²) in [6.45, 7) is 3.22. The molecule has 5 heteroatoms. The van der Waals surface area contributed by atoms with Crippen LogP contribution < -0.4 is 5.32 Å². The highest BCUT2D eigenvalue weighted by molar-refractivity contribution is 5.84. The van der Waals surface area contributed by atoms with Gasteiger partial charge in [-0.05, 0) is 48.9 Å². The molecule has 2 heterocycles. The van der Waals surface area contributed by atoms with E-state index in [1.165, 1.54) is 0 Å². The molecule has 1 aliphatic rings. The van der Waals surface area contributed by atoms with Crippen molar-refractivity contribution >= 4 is 11.8 Å². The Morgan fingerprint density at radius 3 is 2.52 bits per heavy atom. The number of nitrogens with one attached hydrogen (secondary N) is 1. The monoisotopic (exact) mass is 441 g/mol. The first kappa shape index (κ1) is 22.7. The molecule has 0 bridgehead atoms. The number of amides is 2. The van der Waals surface area contributed by atoms with Gasteiger partial charge in [0.1, 0.15) is 0 Å². The molecule has 0 radical (unpaired) electrons. The van der Waals surface area contributed by atoms with E-state index in [9.17, 15) is 9.59 Å². The molecular weight excluding hydrogens is 410 g/mol. The SMILES string of the molecule is CNC(=O)C1(Cc2ccccc2-c2cccnc2)CCN(C(=O)Cc2cccc(C)c2)CC1. The maximum atomic E-state index is 13.1. The van der Waals surface area contributed by atoms with Gasteiger partial charge in [0, 0.05) is 38.1 Å². The lowest BCUT2D eigenvalue weighted by Crippen LogP contribution is -2.51. The van der Waals surface area contributed by atoms with Gasteiger partial charge in [-0.25, -0.2) is 0 Å². The van der Waals surface area contributed by atoms with E-state index in [1.54, 1.807) is 13.2 Å². The summed E-state index contributed by atoms with van der Waals surface area (Å²) in [4.78, 5) is 32.2. The predicted octanol–water partition coefficient (Wildman–Crippen LogP) is 4.20. The highest BCUT2D eigenvalue weighted by atomic mass is 16.2. The van der Waals surface area contributed by atoms with Crippen molar-refractivity contribution in [3.05, 3.63) is 89.7 Å². The van der Waals surface area contributed by atoms with E-state index in [-0.39, 0.29) is 11.8 Å². The smallest absolute Gasteiger partial charge is 0.226 e. The van der Waals surface area contributed by atoms with Gasteiger partial charge in [-0.2, -0.15) is 0 Å². The van der Waals surface area contributed by atoms with Crippen molar-refractivity contribution in [2.24, 2.45) is 5.41 Å². The predicted molar refractivity (Wildman–Crippen MR) is 131 cm³/mol. The van der Waals surface area contributed by atoms with Crippen LogP contribution in [-0.2, 0) is 22.4 Å². The summed E-state index contributed by atoms with van der Waals surface area (Å²) < 4.78 is 0. The largest absolute Gasteiger partial charge is 0.359 e. The van der Waals surface area contributed by atoms with Crippen LogP contribution in [0.2, 0.25) is 0 Å². The van der Waals surface area contributed by atoms with Gasteiger partial charge >= 0.3 is 0 Å². The zero-order valence-electron chi connectivity index (χ0n) is 19.4. The summed E-state index contributed by atoms with van der Waals surface area (Å²) in [5.41, 5.74) is 4.94. The Labute approximate surface area is 195 Å². The fraction of sp³-hybridized carbons (Fsp3) is 0.321. The number of carbonyl (C=O) groups is 2. The summed E-state index contributed by atoms with van der Waals surface area (Å²) in [5, 5.41) is 2.89. The van der Waals surface area contributed by atoms with Crippen molar-refractivity contribution in [1.82, 2.24) is 15.2 Å². The van der Waals surface area contributed by atoms with E-state index >= 15 is 0 Å². The molecule has 5 nitrogen and oxygen atoms in total. The molecule has 1 fully saturated rings. The van der Waals surface area contributed by atoms with Crippen molar-refractivity contribution in [3.63, 3.8) is 0 Å². The number of aromatic nitrogens is 1. The van der Waals surface area contributed by atoms with Crippen molar-refractivity contribution in [2.75, 3.05) is 20.1 Å². The molecule has 1 aromatic heterocycles. The number of carbonyl (C=O) groups excluding carboxylic acids is 2. The number of likely N-dealkylation sites (tertiary alicyclic amines) is 1. The second kappa shape index (κ2) is 9.99. The third-order valence-electron chi connectivity index (χ3n) is 6.74. The number of rotatable bonds is 6. The van der Waals surface area contributed by atoms with Gasteiger partial charge < -0.3 is 10.2 Å². The van der Waals surface area contributed by atoms with Crippen LogP contribution in [-0.4, -0.2) is 41.8 Å². The molecule has 170 valence electrons. The first-order chi connectivity index (χ1) is 16.0. The van der Waals surface area contributed by atoms with Crippen molar-refractivity contribution < 1.29 is 9.59 Å². The minimum Gasteiger partial charge on any atom is -0.359 e. The minimum absolute atomic E-state index is 0.0503. The number of aryl methyl sites for hydroxylation is 1. The van der Waals surface area contributed by atoms with Crippen LogP contribution in [0.25, 0.3) is 11.1 Å². The highest BCUT2D eigenvalue weighted by Crippen LogP contribution is 2.38. The molecular formula is C28H31N3O2. The van der Waals surface area contributed by atoms with Gasteiger partial charge in [-0.3, -0.25) is 14.6 Å². The maximum Gasteiger partial charge on any atom is 0.226 e. The van der Waals surface area contributed by atoms with E-state index < -0.39 is 5.41 Å². The summed E-state index contributed by atoms with van der Waals surface area (Å²) in [6, 6.07) is 20.3. The lowest BCUT2D eigenvalue weighted by molar-refractivity contribution is -0.140. The van der Waals surface area contributed by atoms with Crippen LogP contribution in [0.1, 0.15) is 29.5 Å². The zero-order valence-corrected chi connectivity index (χ0v) is 19.4. The molecule has 4 rings (SSSR count). The highest BCUT2D eigenvalue weighted by Gasteiger charge is 2.42. The number of pyridine rings is 1. The average molecular weight is 442 g/mol. The zero-order chi connectivity index (χ0) is 23.3. The average Bonchev–Trinajstić information content (AvgIpc) is 2.85. The lowest BCUT2D eigenvalue weighted by atomic mass is 9.72. The second-order valence-electron chi connectivity index (χ2n) is 8.98. The van der Waals surface area contributed by atoms with Crippen LogP contribution in [0.5, 0.6) is 0 Å². The molecule has 0 unspecified atom stereocenters. The molecule has 1 N–H and O–H groups in total. The summed E-state index contributed by atoms with van der Waals surface area (Å²) >= 11 is 0. The number of piperidine rings is 1. The van der Waals surface area contributed by atoms with E-state index in [4.69, 9.17) is 0 Å². The Hall–Kier alpha value is -3.47. The van der Waals surface area contributed by atoms with E-state index in [2.05, 4.69) is 28.5 Å². The molecule has 1 aliphatic heterocycles. The Balaban J connectivity index is 1.51. The van der Waals surface area contributed by atoms with Crippen LogP contribution in [0.4, 0.5) is 0 Å². The molecule has 3 aromatic rings. The van der Waals surface area contributed by atoms with Gasteiger partial charge in [-0.1, -0.05) is 60.2 Å². The van der Waals surface area contributed by atoms with Gasteiger partial charge in [-0.15, -0.1) is 0 Å². The lowest BCUT2D eigenvalue weighted by Gasteiger charge is -2.41. The summed E-state index contributed by atoms with van der Waals surface area (Å²) in [5.74, 6) is 0.177. The van der Waals surface area contributed by atoms with Gasteiger partial charge in [0.2, 0.25) is 11.8 Å². The fourth-order valence-corrected chi connectivity index (χ4v) is 4.88. The Bertz CT molecular complexity index is 1120. The molecule has 0 atom stereocenters. The molecule has 0 aliphatic carbocycles. The van der Waals surface area contributed by atoms with E-state index in [0.717, 1.165) is 27.8 Å². The maximum absolute atomic E-state index is 13.1. The van der Waals surface area contributed by atoms with E-state index in [1.807, 2.05) is 60.5 Å². The summed E-state index contributed by atoms with van der Waals surface area (Å²) in [7, 11) is 1.70. The number of hydrogen-bond acceptors (Lipinski definition) is 3. The number of benzene rings is 2. The van der Waals surface area contributed by atoms with Gasteiger partial charge in [0.15, 0.2) is 0 Å². The van der Waals surface area contributed by atoms with Crippen LogP contribution in [0.3, 0.4) is 0 Å². The van der Waals surface area contributed by atoms with E-state index in [0.29, 0.717) is 38.8 Å². The molecule has 33 heavy (non-hydrogen) atoms. The first-order valence-corrected chi connectivity index (χ1v) is 11.5. The van der Waals surface area contributed by atoms with Gasteiger partial charge in [0.25, 0.3) is 0 Å². The number of hydrogen-bond donors (Lipinski definition) is 1. The molecule has 0 spiro atoms. The van der Waals surface area contributed by atoms with Gasteiger partial charge in [0.05, 0.1) is 11.8 Å². The fourth-order valence-electron chi connectivity index (χ4n) is 4.88. The van der Waals surface area contributed by atoms with Crippen LogP contribution in [0, 0.1) is 12.3 Å². The van der Waals surface area contributed by atoms with Crippen LogP contribution in [0.15, 0.2) is 73.1 Å². The van der Waals surface area contributed by atoms with Crippen molar-refractivity contribution in [2.45, 2.75) is 32.6 Å². The minimum atomic E-state index is -0.535. The second-order valence-corrected chi connectivity index (χ2v) is 8.98. The summed E-state index contributed by atoms with van der Waals surface area (Å²) in [6.07, 6.45) is 5.96. The standard InChI is InChI=1S/C28H31N3O2/c1-21-7-5-8-22(17-21)18-26(32)31-15-12-28(13-16-31,27(33)29-2)19-23-9-3-4-11-25(23)24-10-6-14-30-20-24/h3-11,14,17,20H,12-13,15-16,18-19H2,1-2H3,(H,29,33). The third kappa shape index (κ3) is 5.14. The van der Waals surface area contributed by atoms with Crippen molar-refractivity contribution in [1.29, 1.82) is 0 Å². The normalized spacial score (nSPS) is 15.2. The quantitative estimate of drug-likeness (QED) is 0.624. The molecule has 0 saturated carbocycles. The Kier molecular flexibility index (Phi) is 6.87. The topological polar surface area (TPSA) is 62.3 Å².